The van der Waals surface area contributed by atoms with Crippen molar-refractivity contribution < 1.29 is 9.59 Å². The van der Waals surface area contributed by atoms with Gasteiger partial charge in [-0.05, 0) is 0 Å². The van der Waals surface area contributed by atoms with E-state index in [4.69, 9.17) is 5.73 Å². The van der Waals surface area contributed by atoms with Crippen LogP contribution in [0.25, 0.3) is 0 Å². The van der Waals surface area contributed by atoms with Gasteiger partial charge in [0.2, 0.25) is 11.8 Å². The number of piperazine rings is 1. The van der Waals surface area contributed by atoms with Gasteiger partial charge >= 0.3 is 0 Å². The van der Waals surface area contributed by atoms with Gasteiger partial charge in [0.15, 0.2) is 0 Å². The number of primary amides is 1. The molecule has 14 heavy (non-hydrogen) atoms. The molecule has 0 radical (unpaired) electrons. The summed E-state index contributed by atoms with van der Waals surface area (Å²) < 4.78 is 0. The minimum absolute atomic E-state index is 0.00435. The van der Waals surface area contributed by atoms with E-state index in [2.05, 4.69) is 5.32 Å². The molecule has 0 unspecified atom stereocenters. The van der Waals surface area contributed by atoms with Gasteiger partial charge in [-0.15, -0.1) is 0 Å². The molecule has 1 fully saturated rings. The molecule has 0 aliphatic carbocycles. The topological polar surface area (TPSA) is 75.4 Å². The summed E-state index contributed by atoms with van der Waals surface area (Å²) in [7, 11) is 0. The van der Waals surface area contributed by atoms with E-state index in [1.807, 2.05) is 13.8 Å². The van der Waals surface area contributed by atoms with E-state index >= 15 is 0 Å². The Hall–Kier alpha value is -1.10. The van der Waals surface area contributed by atoms with Gasteiger partial charge in [0.1, 0.15) is 6.04 Å². The van der Waals surface area contributed by atoms with E-state index in [0.717, 1.165) is 6.54 Å². The largest absolute Gasteiger partial charge is 0.368 e. The molecule has 1 aliphatic rings. The number of nitrogens with two attached hydrogens (primary N) is 1. The molecule has 1 atom stereocenters. The first-order valence-corrected chi connectivity index (χ1v) is 4.84. The highest BCUT2D eigenvalue weighted by molar-refractivity contribution is 5.87. The summed E-state index contributed by atoms with van der Waals surface area (Å²) in [4.78, 5) is 24.4. The van der Waals surface area contributed by atoms with Crippen molar-refractivity contribution in [2.45, 2.75) is 19.9 Å². The summed E-state index contributed by atoms with van der Waals surface area (Å²) in [5.41, 5.74) is 5.22. The second kappa shape index (κ2) is 4.41. The molecular weight excluding hydrogens is 182 g/mol. The first-order valence-electron chi connectivity index (χ1n) is 4.84. The fourth-order valence-corrected chi connectivity index (χ4v) is 1.55. The van der Waals surface area contributed by atoms with Crippen LogP contribution in [0.3, 0.4) is 0 Å². The van der Waals surface area contributed by atoms with Gasteiger partial charge < -0.3 is 16.0 Å². The molecule has 0 aromatic carbocycles. The molecule has 0 spiro atoms. The lowest BCUT2D eigenvalue weighted by atomic mass is 10.1. The maximum atomic E-state index is 11.7. The van der Waals surface area contributed by atoms with Crippen LogP contribution in [0.1, 0.15) is 13.8 Å². The average Bonchev–Trinajstić information content (AvgIpc) is 2.16. The molecule has 0 bridgehead atoms. The van der Waals surface area contributed by atoms with E-state index < -0.39 is 11.9 Å². The SMILES string of the molecule is CC(C)C(=O)N1CCNC[C@@H]1C(N)=O. The minimum atomic E-state index is -0.487. The second-order valence-electron chi connectivity index (χ2n) is 3.81. The van der Waals surface area contributed by atoms with Gasteiger partial charge in [0.05, 0.1) is 0 Å². The van der Waals surface area contributed by atoms with Gasteiger partial charge in [0.25, 0.3) is 0 Å². The summed E-state index contributed by atoms with van der Waals surface area (Å²) in [6.45, 7) is 5.39. The normalized spacial score (nSPS) is 22.5. The van der Waals surface area contributed by atoms with E-state index in [1.54, 1.807) is 4.90 Å². The molecule has 2 amide bonds. The molecule has 5 heteroatoms. The van der Waals surface area contributed by atoms with E-state index in [0.29, 0.717) is 13.1 Å². The molecule has 0 saturated carbocycles. The van der Waals surface area contributed by atoms with Crippen LogP contribution in [0.5, 0.6) is 0 Å². The summed E-state index contributed by atoms with van der Waals surface area (Å²) in [5, 5.41) is 3.05. The minimum Gasteiger partial charge on any atom is -0.368 e. The van der Waals surface area contributed by atoms with Crippen LogP contribution in [-0.4, -0.2) is 42.4 Å². The van der Waals surface area contributed by atoms with Crippen molar-refractivity contribution in [1.29, 1.82) is 0 Å². The van der Waals surface area contributed by atoms with Crippen molar-refractivity contribution in [1.82, 2.24) is 10.2 Å². The van der Waals surface area contributed by atoms with Crippen LogP contribution in [-0.2, 0) is 9.59 Å². The molecule has 0 aromatic rings. The van der Waals surface area contributed by atoms with E-state index in [-0.39, 0.29) is 11.8 Å². The van der Waals surface area contributed by atoms with Crippen LogP contribution < -0.4 is 11.1 Å². The van der Waals surface area contributed by atoms with E-state index in [9.17, 15) is 9.59 Å². The Morgan fingerprint density at radius 3 is 2.64 bits per heavy atom. The third kappa shape index (κ3) is 2.23. The predicted octanol–water partition coefficient (Wildman–Crippen LogP) is -1.07. The number of amides is 2. The zero-order valence-corrected chi connectivity index (χ0v) is 8.62. The van der Waals surface area contributed by atoms with Crippen molar-refractivity contribution in [3.8, 4) is 0 Å². The molecule has 0 aromatic heterocycles. The first kappa shape index (κ1) is 11.0. The van der Waals surface area contributed by atoms with Crippen molar-refractivity contribution in [2.24, 2.45) is 11.7 Å². The molecule has 1 rings (SSSR count). The number of carbonyl (C=O) groups is 2. The number of hydrogen-bond donors (Lipinski definition) is 2. The molecule has 1 heterocycles. The molecular formula is C9H17N3O2. The Balaban J connectivity index is 2.72. The summed E-state index contributed by atoms with van der Waals surface area (Å²) >= 11 is 0. The van der Waals surface area contributed by atoms with Crippen LogP contribution in [0.2, 0.25) is 0 Å². The standard InChI is InChI=1S/C9H17N3O2/c1-6(2)9(14)12-4-3-11-5-7(12)8(10)13/h6-7,11H,3-5H2,1-2H3,(H2,10,13)/t7-/m1/s1. The third-order valence-electron chi connectivity index (χ3n) is 2.35. The Bertz CT molecular complexity index is 240. The van der Waals surface area contributed by atoms with Crippen molar-refractivity contribution >= 4 is 11.8 Å². The van der Waals surface area contributed by atoms with Gasteiger partial charge in [-0.1, -0.05) is 13.8 Å². The zero-order chi connectivity index (χ0) is 10.7. The molecule has 3 N–H and O–H groups in total. The quantitative estimate of drug-likeness (QED) is 0.594. The molecule has 1 saturated heterocycles. The van der Waals surface area contributed by atoms with Gasteiger partial charge in [-0.2, -0.15) is 0 Å². The van der Waals surface area contributed by atoms with Gasteiger partial charge in [0, 0.05) is 25.6 Å². The lowest BCUT2D eigenvalue weighted by Gasteiger charge is -2.35. The monoisotopic (exact) mass is 199 g/mol. The number of carbonyl (C=O) groups excluding carboxylic acids is 2. The highest BCUT2D eigenvalue weighted by Gasteiger charge is 2.31. The number of nitrogens with zero attached hydrogens (tertiary/aromatic N) is 1. The maximum Gasteiger partial charge on any atom is 0.241 e. The molecule has 1 aliphatic heterocycles. The Morgan fingerprint density at radius 2 is 2.14 bits per heavy atom. The van der Waals surface area contributed by atoms with Crippen LogP contribution in [0.15, 0.2) is 0 Å². The van der Waals surface area contributed by atoms with Gasteiger partial charge in [-0.25, -0.2) is 0 Å². The summed E-state index contributed by atoms with van der Waals surface area (Å²) in [6, 6.07) is -0.487. The molecule has 80 valence electrons. The number of nitrogens with one attached hydrogen (secondary N) is 1. The van der Waals surface area contributed by atoms with Crippen molar-refractivity contribution in [3.63, 3.8) is 0 Å². The van der Waals surface area contributed by atoms with Crippen LogP contribution >= 0.6 is 0 Å². The van der Waals surface area contributed by atoms with Crippen LogP contribution in [0.4, 0.5) is 0 Å². The highest BCUT2D eigenvalue weighted by atomic mass is 16.2. The van der Waals surface area contributed by atoms with E-state index in [1.165, 1.54) is 0 Å². The lowest BCUT2D eigenvalue weighted by Crippen LogP contribution is -2.59. The van der Waals surface area contributed by atoms with Crippen LogP contribution in [0, 0.1) is 5.92 Å². The van der Waals surface area contributed by atoms with Gasteiger partial charge in [-0.3, -0.25) is 9.59 Å². The summed E-state index contributed by atoms with van der Waals surface area (Å²) in [5.74, 6) is -0.531. The highest BCUT2D eigenvalue weighted by Crippen LogP contribution is 2.08. The summed E-state index contributed by atoms with van der Waals surface area (Å²) in [6.07, 6.45) is 0. The second-order valence-corrected chi connectivity index (χ2v) is 3.81. The zero-order valence-electron chi connectivity index (χ0n) is 8.62. The lowest BCUT2D eigenvalue weighted by molar-refractivity contribution is -0.142. The fourth-order valence-electron chi connectivity index (χ4n) is 1.55. The molecule has 5 nitrogen and oxygen atoms in total. The Morgan fingerprint density at radius 1 is 1.50 bits per heavy atom. The maximum absolute atomic E-state index is 11.7. The Kier molecular flexibility index (Phi) is 3.46. The van der Waals surface area contributed by atoms with Crippen molar-refractivity contribution in [2.75, 3.05) is 19.6 Å². The first-order chi connectivity index (χ1) is 6.54. The Labute approximate surface area is 83.6 Å². The predicted molar refractivity (Wildman–Crippen MR) is 52.4 cm³/mol. The third-order valence-corrected chi connectivity index (χ3v) is 2.35. The number of rotatable bonds is 2. The average molecular weight is 199 g/mol. The smallest absolute Gasteiger partial charge is 0.241 e. The number of hydrogen-bond acceptors (Lipinski definition) is 3. The van der Waals surface area contributed by atoms with Crippen molar-refractivity contribution in [3.05, 3.63) is 0 Å². The fraction of sp³-hybridized carbons (Fsp3) is 0.778.